The number of hydrogen-bond donors (Lipinski definition) is 2. The quantitative estimate of drug-likeness (QED) is 0.803. The first-order valence-corrected chi connectivity index (χ1v) is 7.12. The van der Waals surface area contributed by atoms with Gasteiger partial charge in [-0.1, -0.05) is 19.9 Å². The van der Waals surface area contributed by atoms with Gasteiger partial charge >= 0.3 is 0 Å². The summed E-state index contributed by atoms with van der Waals surface area (Å²) in [5, 5.41) is 3.14. The Labute approximate surface area is 115 Å². The molecule has 3 N–H and O–H groups in total. The summed E-state index contributed by atoms with van der Waals surface area (Å²) in [6.45, 7) is 6.49. The van der Waals surface area contributed by atoms with Crippen LogP contribution in [0.5, 0.6) is 0 Å². The van der Waals surface area contributed by atoms with Crippen LogP contribution in [-0.4, -0.2) is 11.9 Å². The van der Waals surface area contributed by atoms with Gasteiger partial charge in [-0.3, -0.25) is 4.79 Å². The van der Waals surface area contributed by atoms with Crippen LogP contribution >= 0.6 is 0 Å². The van der Waals surface area contributed by atoms with Crippen LogP contribution in [0.25, 0.3) is 0 Å². The van der Waals surface area contributed by atoms with E-state index >= 15 is 0 Å². The second-order valence-electron chi connectivity index (χ2n) is 6.18. The predicted octanol–water partition coefficient (Wildman–Crippen LogP) is 3.13. The number of carbonyl (C=O) groups is 1. The van der Waals surface area contributed by atoms with Crippen LogP contribution in [0.1, 0.15) is 49.0 Å². The van der Waals surface area contributed by atoms with Crippen LogP contribution in [0.3, 0.4) is 0 Å². The van der Waals surface area contributed by atoms with Crippen LogP contribution in [0, 0.1) is 18.8 Å². The van der Waals surface area contributed by atoms with Gasteiger partial charge in [-0.05, 0) is 55.7 Å². The lowest BCUT2D eigenvalue weighted by Crippen LogP contribution is -2.40. The van der Waals surface area contributed by atoms with E-state index in [2.05, 4.69) is 19.2 Å². The number of anilines is 1. The summed E-state index contributed by atoms with van der Waals surface area (Å²) in [6, 6.07) is 5.88. The highest BCUT2D eigenvalue weighted by molar-refractivity contribution is 5.99. The zero-order chi connectivity index (χ0) is 14.0. The van der Waals surface area contributed by atoms with Crippen molar-refractivity contribution in [3.8, 4) is 0 Å². The fraction of sp³-hybridized carbons (Fsp3) is 0.562. The summed E-state index contributed by atoms with van der Waals surface area (Å²) in [4.78, 5) is 12.3. The fourth-order valence-corrected chi connectivity index (χ4v) is 3.22. The molecule has 0 radical (unpaired) electrons. The van der Waals surface area contributed by atoms with E-state index in [0.29, 0.717) is 23.1 Å². The number of carbonyl (C=O) groups excluding carboxylic acids is 1. The summed E-state index contributed by atoms with van der Waals surface area (Å²) < 4.78 is 0. The average Bonchev–Trinajstić information content (AvgIpc) is 2.26. The van der Waals surface area contributed by atoms with Crippen LogP contribution in [0.4, 0.5) is 5.69 Å². The highest BCUT2D eigenvalue weighted by atomic mass is 16.1. The van der Waals surface area contributed by atoms with Crippen molar-refractivity contribution in [2.45, 2.75) is 46.1 Å². The largest absolute Gasteiger partial charge is 0.398 e. The summed E-state index contributed by atoms with van der Waals surface area (Å²) in [7, 11) is 0. The minimum atomic E-state index is -0.0381. The molecule has 1 fully saturated rings. The van der Waals surface area contributed by atoms with Gasteiger partial charge in [0.1, 0.15) is 0 Å². The lowest BCUT2D eigenvalue weighted by Gasteiger charge is -2.32. The number of nitrogens with one attached hydrogen (secondary N) is 1. The van der Waals surface area contributed by atoms with E-state index in [0.717, 1.165) is 18.4 Å². The van der Waals surface area contributed by atoms with E-state index in [4.69, 9.17) is 5.73 Å². The maximum Gasteiger partial charge on any atom is 0.253 e. The Morgan fingerprint density at radius 2 is 1.84 bits per heavy atom. The van der Waals surface area contributed by atoms with Gasteiger partial charge in [-0.25, -0.2) is 0 Å². The van der Waals surface area contributed by atoms with Gasteiger partial charge in [0.15, 0.2) is 0 Å². The van der Waals surface area contributed by atoms with Gasteiger partial charge in [-0.15, -0.1) is 0 Å². The monoisotopic (exact) mass is 260 g/mol. The Bertz CT molecular complexity index is 460. The van der Waals surface area contributed by atoms with Crippen LogP contribution < -0.4 is 11.1 Å². The Morgan fingerprint density at radius 1 is 1.21 bits per heavy atom. The molecule has 1 aliphatic carbocycles. The van der Waals surface area contributed by atoms with Crippen molar-refractivity contribution >= 4 is 11.6 Å². The molecule has 2 rings (SSSR count). The Hall–Kier alpha value is -1.51. The van der Waals surface area contributed by atoms with E-state index in [1.54, 1.807) is 0 Å². The molecule has 1 aliphatic rings. The zero-order valence-electron chi connectivity index (χ0n) is 12.1. The van der Waals surface area contributed by atoms with Crippen LogP contribution in [0.2, 0.25) is 0 Å². The second-order valence-corrected chi connectivity index (χ2v) is 6.18. The molecule has 2 atom stereocenters. The number of rotatable bonds is 2. The number of aryl methyl sites for hydroxylation is 1. The predicted molar refractivity (Wildman–Crippen MR) is 79.0 cm³/mol. The fourth-order valence-electron chi connectivity index (χ4n) is 3.22. The molecular formula is C16H24N2O. The van der Waals surface area contributed by atoms with Crippen molar-refractivity contribution in [3.63, 3.8) is 0 Å². The molecular weight excluding hydrogens is 236 g/mol. The molecule has 1 amide bonds. The van der Waals surface area contributed by atoms with E-state index in [1.807, 2.05) is 25.1 Å². The molecule has 3 nitrogen and oxygen atoms in total. The molecule has 1 aromatic carbocycles. The average molecular weight is 260 g/mol. The second kappa shape index (κ2) is 5.64. The molecule has 0 aromatic heterocycles. The minimum Gasteiger partial charge on any atom is -0.398 e. The third-order valence-corrected chi connectivity index (χ3v) is 3.97. The normalized spacial score (nSPS) is 27.0. The SMILES string of the molecule is Cc1ccc(C(=O)NC2CC(C)CC(C)C2)c(N)c1. The number of nitrogen functional groups attached to an aromatic ring is 1. The molecule has 0 spiro atoms. The first-order valence-electron chi connectivity index (χ1n) is 7.12. The lowest BCUT2D eigenvalue weighted by molar-refractivity contribution is 0.0912. The molecule has 19 heavy (non-hydrogen) atoms. The summed E-state index contributed by atoms with van der Waals surface area (Å²) in [5.41, 5.74) is 8.16. The molecule has 104 valence electrons. The number of benzene rings is 1. The van der Waals surface area contributed by atoms with Crippen LogP contribution in [-0.2, 0) is 0 Å². The van der Waals surface area contributed by atoms with Gasteiger partial charge < -0.3 is 11.1 Å². The highest BCUT2D eigenvalue weighted by Gasteiger charge is 2.25. The third kappa shape index (κ3) is 3.49. The van der Waals surface area contributed by atoms with Crippen LogP contribution in [0.15, 0.2) is 18.2 Å². The maximum absolute atomic E-state index is 12.3. The molecule has 1 aromatic rings. The molecule has 0 bridgehead atoms. The van der Waals surface area contributed by atoms with E-state index in [-0.39, 0.29) is 11.9 Å². The third-order valence-electron chi connectivity index (χ3n) is 3.97. The minimum absolute atomic E-state index is 0.0381. The highest BCUT2D eigenvalue weighted by Crippen LogP contribution is 2.28. The maximum atomic E-state index is 12.3. The topological polar surface area (TPSA) is 55.1 Å². The van der Waals surface area contributed by atoms with E-state index < -0.39 is 0 Å². The van der Waals surface area contributed by atoms with Crippen molar-refractivity contribution in [2.75, 3.05) is 5.73 Å². The summed E-state index contributed by atoms with van der Waals surface area (Å²) in [5.74, 6) is 1.33. The lowest BCUT2D eigenvalue weighted by atomic mass is 9.80. The molecule has 1 saturated carbocycles. The molecule has 0 aliphatic heterocycles. The number of amides is 1. The Kier molecular flexibility index (Phi) is 4.13. The first-order chi connectivity index (χ1) is 8.95. The van der Waals surface area contributed by atoms with Gasteiger partial charge in [-0.2, -0.15) is 0 Å². The first kappa shape index (κ1) is 13.9. The van der Waals surface area contributed by atoms with Crippen molar-refractivity contribution in [1.29, 1.82) is 0 Å². The standard InChI is InChI=1S/C16H24N2O/c1-10-4-5-14(15(17)9-10)16(19)18-13-7-11(2)6-12(3)8-13/h4-5,9,11-13H,6-8,17H2,1-3H3,(H,18,19). The molecule has 0 saturated heterocycles. The Balaban J connectivity index is 2.04. The number of hydrogen-bond acceptors (Lipinski definition) is 2. The van der Waals surface area contributed by atoms with E-state index in [9.17, 15) is 4.79 Å². The van der Waals surface area contributed by atoms with E-state index in [1.165, 1.54) is 6.42 Å². The molecule has 3 heteroatoms. The van der Waals surface area contributed by atoms with Crippen molar-refractivity contribution in [3.05, 3.63) is 29.3 Å². The van der Waals surface area contributed by atoms with Gasteiger partial charge in [0.25, 0.3) is 5.91 Å². The van der Waals surface area contributed by atoms with Gasteiger partial charge in [0.05, 0.1) is 5.56 Å². The summed E-state index contributed by atoms with van der Waals surface area (Å²) >= 11 is 0. The Morgan fingerprint density at radius 3 is 2.42 bits per heavy atom. The number of nitrogens with two attached hydrogens (primary N) is 1. The molecule has 2 unspecified atom stereocenters. The van der Waals surface area contributed by atoms with Gasteiger partial charge in [0.2, 0.25) is 0 Å². The zero-order valence-corrected chi connectivity index (χ0v) is 12.1. The van der Waals surface area contributed by atoms with Crippen molar-refractivity contribution < 1.29 is 4.79 Å². The van der Waals surface area contributed by atoms with Crippen molar-refractivity contribution in [1.82, 2.24) is 5.32 Å². The van der Waals surface area contributed by atoms with Crippen molar-refractivity contribution in [2.24, 2.45) is 11.8 Å². The summed E-state index contributed by atoms with van der Waals surface area (Å²) in [6.07, 6.45) is 3.41. The smallest absolute Gasteiger partial charge is 0.253 e. The molecule has 0 heterocycles. The van der Waals surface area contributed by atoms with Gasteiger partial charge in [0, 0.05) is 11.7 Å².